The van der Waals surface area contributed by atoms with Gasteiger partial charge in [-0.3, -0.25) is 4.79 Å². The monoisotopic (exact) mass is 798 g/mol. The summed E-state index contributed by atoms with van der Waals surface area (Å²) in [4.78, 5) is 77.1. The molecule has 0 saturated heterocycles. The molecule has 1 aromatic carbocycles. The summed E-state index contributed by atoms with van der Waals surface area (Å²) in [6, 6.07) is 3.57. The number of imide groups is 2. The second-order valence-corrected chi connectivity index (χ2v) is 18.5. The van der Waals surface area contributed by atoms with E-state index in [9.17, 15) is 24.0 Å². The van der Waals surface area contributed by atoms with E-state index >= 15 is 0 Å². The van der Waals surface area contributed by atoms with Crippen LogP contribution in [0, 0.1) is 6.92 Å². The molecule has 0 unspecified atom stereocenters. The van der Waals surface area contributed by atoms with Crippen LogP contribution in [0.4, 0.5) is 36.5 Å². The highest BCUT2D eigenvalue weighted by Gasteiger charge is 2.38. The number of primary amides is 1. The maximum Gasteiger partial charge on any atom is 0.425 e. The third-order valence-corrected chi connectivity index (χ3v) is 8.39. The smallest absolute Gasteiger partial charge is 0.425 e. The number of nitrogens with one attached hydrogen (secondary N) is 1. The van der Waals surface area contributed by atoms with Gasteiger partial charge in [0.2, 0.25) is 11.7 Å². The molecule has 1 heterocycles. The molecule has 1 fully saturated rings. The SMILES string of the molecule is Cc1cc(Nc2ncnc(N(C(=O)OC(C)(C)C)C(=O)OC(C)(C)C)c2OCCN(C(=O)OC(C)(C)C)C(=O)OC(C)(C)C)cc(C2(C)CCCCC2)c1C(N)=O. The van der Waals surface area contributed by atoms with Crippen LogP contribution in [0.25, 0.3) is 0 Å². The Balaban J connectivity index is 2.24. The van der Waals surface area contributed by atoms with Crippen molar-refractivity contribution in [3.05, 3.63) is 35.2 Å². The van der Waals surface area contributed by atoms with Gasteiger partial charge in [-0.15, -0.1) is 0 Å². The molecule has 0 aliphatic heterocycles. The van der Waals surface area contributed by atoms with E-state index in [1.165, 1.54) is 0 Å². The largest absolute Gasteiger partial charge is 0.484 e. The normalized spacial score (nSPS) is 14.5. The summed E-state index contributed by atoms with van der Waals surface area (Å²) in [7, 11) is 0. The number of nitrogens with two attached hydrogens (primary N) is 1. The van der Waals surface area contributed by atoms with E-state index in [2.05, 4.69) is 22.2 Å². The van der Waals surface area contributed by atoms with Gasteiger partial charge in [0, 0.05) is 11.3 Å². The van der Waals surface area contributed by atoms with Crippen LogP contribution in [0.3, 0.4) is 0 Å². The van der Waals surface area contributed by atoms with Gasteiger partial charge in [0.15, 0.2) is 11.6 Å². The number of anilines is 3. The third-order valence-electron chi connectivity index (χ3n) is 8.39. The number of hydrogen-bond acceptors (Lipinski definition) is 13. The summed E-state index contributed by atoms with van der Waals surface area (Å²) in [5.41, 5.74) is 3.95. The quantitative estimate of drug-likeness (QED) is 0.228. The van der Waals surface area contributed by atoms with Crippen molar-refractivity contribution in [2.75, 3.05) is 23.4 Å². The summed E-state index contributed by atoms with van der Waals surface area (Å²) >= 11 is 0. The number of nitrogens with zero attached hydrogens (tertiary/aromatic N) is 4. The highest BCUT2D eigenvalue weighted by Crippen LogP contribution is 2.43. The van der Waals surface area contributed by atoms with Crippen LogP contribution >= 0.6 is 0 Å². The molecular weight excluding hydrogens is 736 g/mol. The number of ether oxygens (including phenoxy) is 5. The average molecular weight is 799 g/mol. The van der Waals surface area contributed by atoms with E-state index in [1.54, 1.807) is 96.1 Å². The highest BCUT2D eigenvalue weighted by molar-refractivity contribution is 6.10. The zero-order valence-corrected chi connectivity index (χ0v) is 36.1. The molecule has 2 aromatic rings. The summed E-state index contributed by atoms with van der Waals surface area (Å²) in [6.07, 6.45) is 1.70. The van der Waals surface area contributed by atoms with Crippen molar-refractivity contribution < 1.29 is 47.7 Å². The molecule has 16 heteroatoms. The Bertz CT molecular complexity index is 1760. The number of aryl methyl sites for hydroxylation is 1. The second-order valence-electron chi connectivity index (χ2n) is 18.5. The van der Waals surface area contributed by atoms with Crippen LogP contribution in [0.2, 0.25) is 0 Å². The predicted molar refractivity (Wildman–Crippen MR) is 215 cm³/mol. The molecule has 0 radical (unpaired) electrons. The molecule has 16 nitrogen and oxygen atoms in total. The van der Waals surface area contributed by atoms with E-state index in [4.69, 9.17) is 29.4 Å². The van der Waals surface area contributed by atoms with Gasteiger partial charge in [0.1, 0.15) is 35.3 Å². The Morgan fingerprint density at radius 2 is 1.21 bits per heavy atom. The molecule has 316 valence electrons. The van der Waals surface area contributed by atoms with Crippen molar-refractivity contribution in [2.45, 2.75) is 157 Å². The second kappa shape index (κ2) is 17.6. The van der Waals surface area contributed by atoms with Crippen molar-refractivity contribution in [2.24, 2.45) is 5.73 Å². The lowest BCUT2D eigenvalue weighted by atomic mass is 9.69. The lowest BCUT2D eigenvalue weighted by Crippen LogP contribution is -2.45. The van der Waals surface area contributed by atoms with Crippen LogP contribution in [0.1, 0.15) is 144 Å². The number of aromatic nitrogens is 2. The van der Waals surface area contributed by atoms with Gasteiger partial charge in [-0.05, 0) is 132 Å². The van der Waals surface area contributed by atoms with Crippen LogP contribution in [-0.4, -0.2) is 80.7 Å². The topological polar surface area (TPSA) is 202 Å². The van der Waals surface area contributed by atoms with Gasteiger partial charge in [-0.1, -0.05) is 26.2 Å². The highest BCUT2D eigenvalue weighted by atomic mass is 16.6. The number of carbonyl (C=O) groups is 5. The minimum absolute atomic E-state index is 0.0100. The molecule has 3 N–H and O–H groups in total. The Morgan fingerprint density at radius 3 is 1.67 bits per heavy atom. The van der Waals surface area contributed by atoms with Gasteiger partial charge in [-0.2, -0.15) is 4.90 Å². The van der Waals surface area contributed by atoms with E-state index in [0.29, 0.717) is 21.7 Å². The van der Waals surface area contributed by atoms with E-state index in [-0.39, 0.29) is 22.8 Å². The Kier molecular flexibility index (Phi) is 14.2. The number of benzene rings is 1. The Morgan fingerprint density at radius 1 is 0.737 bits per heavy atom. The fourth-order valence-corrected chi connectivity index (χ4v) is 6.14. The van der Waals surface area contributed by atoms with Crippen LogP contribution < -0.4 is 20.7 Å². The number of amides is 5. The Hall–Kier alpha value is -5.15. The maximum atomic E-state index is 13.8. The van der Waals surface area contributed by atoms with Gasteiger partial charge in [-0.25, -0.2) is 34.0 Å². The molecule has 3 rings (SSSR count). The van der Waals surface area contributed by atoms with Gasteiger partial charge in [0.25, 0.3) is 0 Å². The van der Waals surface area contributed by atoms with Gasteiger partial charge < -0.3 is 34.7 Å². The number of rotatable bonds is 9. The molecule has 0 atom stereocenters. The molecule has 1 aliphatic rings. The molecular formula is C41H62N6O10. The molecule has 57 heavy (non-hydrogen) atoms. The van der Waals surface area contributed by atoms with Crippen LogP contribution in [0.15, 0.2) is 18.5 Å². The standard InChI is InChI=1S/C41H62N6O10/c1-25-22-26(23-27(28(25)30(42)48)41(14)18-16-15-17-19-41)45-31-29(53-21-20-46(33(49)54-37(2,3)4)34(50)55-38(5,6)7)32(44-24-43-31)47(35(51)56-39(8,9)10)36(52)57-40(11,12)13/h22-24H,15-21H2,1-14H3,(H2,42,48)(H,43,44,45). The molecule has 0 spiro atoms. The number of carbonyl (C=O) groups excluding carboxylic acids is 5. The maximum absolute atomic E-state index is 13.8. The van der Waals surface area contributed by atoms with Crippen LogP contribution in [-0.2, 0) is 24.4 Å². The summed E-state index contributed by atoms with van der Waals surface area (Å²) in [5, 5.41) is 3.24. The van der Waals surface area contributed by atoms with Gasteiger partial charge >= 0.3 is 24.4 Å². The first-order valence-corrected chi connectivity index (χ1v) is 19.2. The van der Waals surface area contributed by atoms with Gasteiger partial charge in [0.05, 0.1) is 6.54 Å². The van der Waals surface area contributed by atoms with E-state index < -0.39 is 65.8 Å². The van der Waals surface area contributed by atoms with E-state index in [1.807, 2.05) is 6.07 Å². The molecule has 1 saturated carbocycles. The first-order chi connectivity index (χ1) is 26.0. The zero-order chi connectivity index (χ0) is 43.3. The molecule has 5 amide bonds. The summed E-state index contributed by atoms with van der Waals surface area (Å²) < 4.78 is 28.5. The number of hydrogen-bond donors (Lipinski definition) is 2. The molecule has 1 aliphatic carbocycles. The van der Waals surface area contributed by atoms with Crippen LogP contribution in [0.5, 0.6) is 5.75 Å². The minimum atomic E-state index is -1.12. The first-order valence-electron chi connectivity index (χ1n) is 19.2. The lowest BCUT2D eigenvalue weighted by Gasteiger charge is -2.36. The van der Waals surface area contributed by atoms with Crippen molar-refractivity contribution >= 4 is 47.6 Å². The predicted octanol–water partition coefficient (Wildman–Crippen LogP) is 9.08. The fraction of sp³-hybridized carbons (Fsp3) is 0.634. The summed E-state index contributed by atoms with van der Waals surface area (Å²) in [5.74, 6) is -1.14. The lowest BCUT2D eigenvalue weighted by molar-refractivity contribution is -0.000713. The van der Waals surface area contributed by atoms with Crippen molar-refractivity contribution in [1.82, 2.24) is 14.9 Å². The Labute approximate surface area is 336 Å². The molecule has 0 bridgehead atoms. The average Bonchev–Trinajstić information content (AvgIpc) is 3.00. The fourth-order valence-electron chi connectivity index (χ4n) is 6.14. The zero-order valence-electron chi connectivity index (χ0n) is 36.1. The van der Waals surface area contributed by atoms with Crippen molar-refractivity contribution in [3.8, 4) is 5.75 Å². The first kappa shape index (κ1) is 46.2. The minimum Gasteiger partial charge on any atom is -0.484 e. The van der Waals surface area contributed by atoms with E-state index in [0.717, 1.165) is 48.9 Å². The van der Waals surface area contributed by atoms with Crippen molar-refractivity contribution in [1.29, 1.82) is 0 Å². The third kappa shape index (κ3) is 13.5. The van der Waals surface area contributed by atoms with Crippen molar-refractivity contribution in [3.63, 3.8) is 0 Å². The molecule has 1 aromatic heterocycles. The summed E-state index contributed by atoms with van der Waals surface area (Å²) in [6.45, 7) is 22.8.